The molecule has 0 bridgehead atoms. The number of halogens is 1. The maximum atomic E-state index is 6.10. The normalized spacial score (nSPS) is 12.0. The van der Waals surface area contributed by atoms with Gasteiger partial charge in [0, 0.05) is 6.54 Å². The van der Waals surface area contributed by atoms with Crippen LogP contribution in [-0.2, 0) is 0 Å². The lowest BCUT2D eigenvalue weighted by Gasteiger charge is -2.16. The molecule has 0 amide bonds. The average molecular weight is 304 g/mol. The summed E-state index contributed by atoms with van der Waals surface area (Å²) in [5.74, 6) is 1.49. The van der Waals surface area contributed by atoms with Gasteiger partial charge in [0.1, 0.15) is 12.4 Å². The van der Waals surface area contributed by atoms with Gasteiger partial charge in [-0.25, -0.2) is 0 Å². The summed E-state index contributed by atoms with van der Waals surface area (Å²) in [7, 11) is 0. The number of nitrogens with one attached hydrogen (secondary N) is 1. The number of para-hydroxylation sites is 2. The van der Waals surface area contributed by atoms with Gasteiger partial charge in [0.2, 0.25) is 0 Å². The zero-order valence-electron chi connectivity index (χ0n) is 12.6. The second kappa shape index (κ2) is 7.94. The van der Waals surface area contributed by atoms with E-state index in [0.29, 0.717) is 12.5 Å². The molecule has 0 saturated heterocycles. The lowest BCUT2D eigenvalue weighted by Crippen LogP contribution is -2.12. The summed E-state index contributed by atoms with van der Waals surface area (Å²) < 4.78 is 5.92. The first-order chi connectivity index (χ1) is 10.2. The predicted molar refractivity (Wildman–Crippen MR) is 90.6 cm³/mol. The van der Waals surface area contributed by atoms with Crippen LogP contribution in [0, 0.1) is 0 Å². The van der Waals surface area contributed by atoms with Crippen molar-refractivity contribution in [2.45, 2.75) is 26.2 Å². The fourth-order valence-electron chi connectivity index (χ4n) is 2.19. The van der Waals surface area contributed by atoms with Crippen LogP contribution in [0.1, 0.15) is 31.7 Å². The van der Waals surface area contributed by atoms with Gasteiger partial charge in [-0.3, -0.25) is 0 Å². The molecule has 0 radical (unpaired) electrons. The van der Waals surface area contributed by atoms with E-state index in [0.717, 1.165) is 29.4 Å². The molecule has 0 aromatic heterocycles. The summed E-state index contributed by atoms with van der Waals surface area (Å²) in [6, 6.07) is 16.0. The third-order valence-corrected chi connectivity index (χ3v) is 3.94. The summed E-state index contributed by atoms with van der Waals surface area (Å²) in [4.78, 5) is 0. The molecule has 1 unspecified atom stereocenters. The summed E-state index contributed by atoms with van der Waals surface area (Å²) >= 11 is 6.10. The summed E-state index contributed by atoms with van der Waals surface area (Å²) in [5, 5.41) is 4.02. The molecule has 1 atom stereocenters. The number of rotatable bonds is 7. The maximum absolute atomic E-state index is 6.10. The highest BCUT2D eigenvalue weighted by Crippen LogP contribution is 2.28. The Labute approximate surface area is 132 Å². The highest BCUT2D eigenvalue weighted by molar-refractivity contribution is 6.33. The molecule has 3 heteroatoms. The third kappa shape index (κ3) is 4.40. The topological polar surface area (TPSA) is 21.3 Å². The van der Waals surface area contributed by atoms with Gasteiger partial charge in [-0.1, -0.05) is 55.8 Å². The van der Waals surface area contributed by atoms with E-state index in [2.05, 4.69) is 31.3 Å². The molecule has 0 fully saturated rings. The monoisotopic (exact) mass is 303 g/mol. The minimum Gasteiger partial charge on any atom is -0.491 e. The first-order valence-corrected chi connectivity index (χ1v) is 7.80. The van der Waals surface area contributed by atoms with Crippen LogP contribution in [0.15, 0.2) is 48.5 Å². The Morgan fingerprint density at radius 1 is 1.10 bits per heavy atom. The lowest BCUT2D eigenvalue weighted by molar-refractivity contribution is 0.327. The van der Waals surface area contributed by atoms with Crippen LogP contribution in [0.5, 0.6) is 5.75 Å². The molecule has 2 nitrogen and oxygen atoms in total. The highest BCUT2D eigenvalue weighted by Gasteiger charge is 2.09. The molecular formula is C18H22ClNO. The summed E-state index contributed by atoms with van der Waals surface area (Å²) in [6.07, 6.45) is 1.11. The van der Waals surface area contributed by atoms with E-state index in [-0.39, 0.29) is 0 Å². The minimum atomic E-state index is 0.512. The number of hydrogen-bond acceptors (Lipinski definition) is 2. The predicted octanol–water partition coefficient (Wildman–Crippen LogP) is 5.34. The Kier molecular flexibility index (Phi) is 5.94. The fraction of sp³-hybridized carbons (Fsp3) is 0.333. The number of ether oxygens (including phenoxy) is 1. The second-order valence-corrected chi connectivity index (χ2v) is 5.51. The first-order valence-electron chi connectivity index (χ1n) is 7.42. The third-order valence-electron chi connectivity index (χ3n) is 3.61. The van der Waals surface area contributed by atoms with Crippen molar-refractivity contribution in [3.63, 3.8) is 0 Å². The van der Waals surface area contributed by atoms with Gasteiger partial charge in [-0.2, -0.15) is 0 Å². The van der Waals surface area contributed by atoms with Crippen LogP contribution < -0.4 is 10.1 Å². The van der Waals surface area contributed by atoms with Gasteiger partial charge in [-0.15, -0.1) is 0 Å². The second-order valence-electron chi connectivity index (χ2n) is 5.10. The Morgan fingerprint density at radius 2 is 1.81 bits per heavy atom. The smallest absolute Gasteiger partial charge is 0.122 e. The van der Waals surface area contributed by atoms with Crippen LogP contribution in [-0.4, -0.2) is 13.2 Å². The van der Waals surface area contributed by atoms with Crippen molar-refractivity contribution in [2.24, 2.45) is 0 Å². The van der Waals surface area contributed by atoms with E-state index in [9.17, 15) is 0 Å². The standard InChI is InChI=1S/C18H22ClNO/c1-3-14(2)15-8-4-7-11-18(15)21-13-12-20-17-10-6-5-9-16(17)19/h4-11,14,20H,3,12-13H2,1-2H3. The van der Waals surface area contributed by atoms with E-state index in [1.807, 2.05) is 36.4 Å². The molecule has 2 aromatic carbocycles. The zero-order valence-corrected chi connectivity index (χ0v) is 13.4. The highest BCUT2D eigenvalue weighted by atomic mass is 35.5. The molecule has 1 N–H and O–H groups in total. The van der Waals surface area contributed by atoms with Crippen LogP contribution >= 0.6 is 11.6 Å². The minimum absolute atomic E-state index is 0.512. The molecule has 2 rings (SSSR count). The van der Waals surface area contributed by atoms with Crippen LogP contribution in [0.25, 0.3) is 0 Å². The Morgan fingerprint density at radius 3 is 2.57 bits per heavy atom. The SMILES string of the molecule is CCC(C)c1ccccc1OCCNc1ccccc1Cl. The van der Waals surface area contributed by atoms with Crippen LogP contribution in [0.4, 0.5) is 5.69 Å². The van der Waals surface area contributed by atoms with Gasteiger partial charge in [-0.05, 0) is 36.1 Å². The fourth-order valence-corrected chi connectivity index (χ4v) is 2.39. The van der Waals surface area contributed by atoms with Crippen molar-refractivity contribution >= 4 is 17.3 Å². The molecule has 0 spiro atoms. The van der Waals surface area contributed by atoms with E-state index in [1.165, 1.54) is 5.56 Å². The van der Waals surface area contributed by atoms with Gasteiger partial charge in [0.25, 0.3) is 0 Å². The average Bonchev–Trinajstić information content (AvgIpc) is 2.52. The van der Waals surface area contributed by atoms with Gasteiger partial charge >= 0.3 is 0 Å². The van der Waals surface area contributed by atoms with Crippen molar-refractivity contribution in [3.05, 3.63) is 59.1 Å². The van der Waals surface area contributed by atoms with Crippen molar-refractivity contribution in [3.8, 4) is 5.75 Å². The molecule has 2 aromatic rings. The van der Waals surface area contributed by atoms with Crippen molar-refractivity contribution in [1.82, 2.24) is 0 Å². The first kappa shape index (κ1) is 15.7. The van der Waals surface area contributed by atoms with Gasteiger partial charge in [0.05, 0.1) is 10.7 Å². The molecule has 0 aliphatic heterocycles. The maximum Gasteiger partial charge on any atom is 0.122 e. The van der Waals surface area contributed by atoms with Gasteiger partial charge in [0.15, 0.2) is 0 Å². The van der Waals surface area contributed by atoms with Gasteiger partial charge < -0.3 is 10.1 Å². The molecule has 112 valence electrons. The van der Waals surface area contributed by atoms with E-state index >= 15 is 0 Å². The molecular weight excluding hydrogens is 282 g/mol. The number of anilines is 1. The molecule has 21 heavy (non-hydrogen) atoms. The van der Waals surface area contributed by atoms with E-state index in [1.54, 1.807) is 0 Å². The quantitative estimate of drug-likeness (QED) is 0.697. The van der Waals surface area contributed by atoms with Crippen molar-refractivity contribution in [1.29, 1.82) is 0 Å². The molecule has 0 aliphatic rings. The largest absolute Gasteiger partial charge is 0.491 e. The van der Waals surface area contributed by atoms with E-state index in [4.69, 9.17) is 16.3 Å². The molecule has 0 saturated carbocycles. The van der Waals surface area contributed by atoms with Crippen molar-refractivity contribution < 1.29 is 4.74 Å². The Bertz CT molecular complexity index is 571. The molecule has 0 aliphatic carbocycles. The van der Waals surface area contributed by atoms with Crippen LogP contribution in [0.2, 0.25) is 5.02 Å². The Hall–Kier alpha value is -1.67. The number of benzene rings is 2. The Balaban J connectivity index is 1.88. The lowest BCUT2D eigenvalue weighted by atomic mass is 9.98. The van der Waals surface area contributed by atoms with Crippen molar-refractivity contribution in [2.75, 3.05) is 18.5 Å². The molecule has 0 heterocycles. The summed E-state index contributed by atoms with van der Waals surface area (Å²) in [5.41, 5.74) is 2.22. The zero-order chi connectivity index (χ0) is 15.1. The summed E-state index contributed by atoms with van der Waals surface area (Å²) in [6.45, 7) is 5.75. The number of hydrogen-bond donors (Lipinski definition) is 1. The van der Waals surface area contributed by atoms with Crippen LogP contribution in [0.3, 0.4) is 0 Å². The van der Waals surface area contributed by atoms with E-state index < -0.39 is 0 Å².